The summed E-state index contributed by atoms with van der Waals surface area (Å²) in [5.41, 5.74) is 3.01. The number of para-hydroxylation sites is 1. The van der Waals surface area contributed by atoms with Gasteiger partial charge < -0.3 is 15.0 Å². The van der Waals surface area contributed by atoms with Gasteiger partial charge in [0.15, 0.2) is 0 Å². The number of hydrogen-bond donors (Lipinski definition) is 2. The second-order valence-electron chi connectivity index (χ2n) is 7.60. The van der Waals surface area contributed by atoms with Crippen LogP contribution in [0.2, 0.25) is 0 Å². The van der Waals surface area contributed by atoms with Crippen molar-refractivity contribution in [2.45, 2.75) is 31.7 Å². The van der Waals surface area contributed by atoms with Crippen LogP contribution in [0, 0.1) is 17.8 Å². The van der Waals surface area contributed by atoms with Gasteiger partial charge in [-0.25, -0.2) is 0 Å². The predicted molar refractivity (Wildman–Crippen MR) is 88.4 cm³/mol. The van der Waals surface area contributed by atoms with Gasteiger partial charge in [0.1, 0.15) is 0 Å². The van der Waals surface area contributed by atoms with Crippen LogP contribution in [0.15, 0.2) is 24.3 Å². The van der Waals surface area contributed by atoms with Gasteiger partial charge in [-0.2, -0.15) is 0 Å². The van der Waals surface area contributed by atoms with E-state index in [-0.39, 0.29) is 17.7 Å². The average molecular weight is 324 g/mol. The van der Waals surface area contributed by atoms with Crippen LogP contribution in [-0.4, -0.2) is 33.4 Å². The fourth-order valence-electron chi connectivity index (χ4n) is 5.80. The highest BCUT2D eigenvalue weighted by Crippen LogP contribution is 2.61. The maximum Gasteiger partial charge on any atom is 0.307 e. The third-order valence-electron chi connectivity index (χ3n) is 6.59. The van der Waals surface area contributed by atoms with Crippen molar-refractivity contribution in [2.75, 3.05) is 6.54 Å². The molecule has 1 saturated carbocycles. The van der Waals surface area contributed by atoms with E-state index in [1.165, 1.54) is 10.9 Å². The molecular formula is C19H20N2O3. The van der Waals surface area contributed by atoms with Gasteiger partial charge >= 0.3 is 5.97 Å². The molecule has 2 fully saturated rings. The Hall–Kier alpha value is -2.30. The molecule has 5 nitrogen and oxygen atoms in total. The number of nitrogens with one attached hydrogen (secondary N) is 1. The van der Waals surface area contributed by atoms with Crippen molar-refractivity contribution < 1.29 is 14.7 Å². The molecule has 3 aliphatic rings. The van der Waals surface area contributed by atoms with E-state index in [0.717, 1.165) is 24.1 Å². The van der Waals surface area contributed by atoms with E-state index in [0.29, 0.717) is 13.0 Å². The monoisotopic (exact) mass is 324 g/mol. The predicted octanol–water partition coefficient (Wildman–Crippen LogP) is 2.51. The normalized spacial score (nSPS) is 34.3. The first-order valence-corrected chi connectivity index (χ1v) is 8.67. The minimum atomic E-state index is -0.762. The summed E-state index contributed by atoms with van der Waals surface area (Å²) in [6, 6.07) is 8.23. The maximum atomic E-state index is 12.6. The highest BCUT2D eigenvalue weighted by atomic mass is 16.4. The molecule has 1 unspecified atom stereocenters. The quantitative estimate of drug-likeness (QED) is 0.846. The number of carbonyl (C=O) groups is 2. The van der Waals surface area contributed by atoms with Gasteiger partial charge in [0.25, 0.3) is 0 Å². The van der Waals surface area contributed by atoms with E-state index < -0.39 is 17.4 Å². The minimum Gasteiger partial charge on any atom is -0.481 e. The number of hydrogen-bond acceptors (Lipinski definition) is 2. The number of aromatic nitrogens is 1. The number of rotatable bonds is 1. The number of fused-ring (bicyclic) bond motifs is 3. The minimum absolute atomic E-state index is 0.0699. The Balaban J connectivity index is 1.78. The number of carbonyl (C=O) groups excluding carboxylic acids is 1. The zero-order chi connectivity index (χ0) is 16.6. The largest absolute Gasteiger partial charge is 0.481 e. The second-order valence-corrected chi connectivity index (χ2v) is 7.60. The van der Waals surface area contributed by atoms with Gasteiger partial charge in [0.2, 0.25) is 5.91 Å². The van der Waals surface area contributed by atoms with Crippen LogP contribution in [0.4, 0.5) is 0 Å². The summed E-state index contributed by atoms with van der Waals surface area (Å²) in [5, 5.41) is 11.0. The summed E-state index contributed by atoms with van der Waals surface area (Å²) in [6.07, 6.45) is 1.93. The summed E-state index contributed by atoms with van der Waals surface area (Å²) in [6.45, 7) is 2.72. The number of carboxylic acid groups (broad SMARTS) is 1. The molecule has 5 rings (SSSR count). The number of nitrogens with zero attached hydrogens (tertiary/aromatic N) is 1. The summed E-state index contributed by atoms with van der Waals surface area (Å²) < 4.78 is 0. The number of aromatic amines is 1. The Morgan fingerprint density at radius 3 is 2.96 bits per heavy atom. The highest BCUT2D eigenvalue weighted by molar-refractivity contribution is 5.89. The van der Waals surface area contributed by atoms with Gasteiger partial charge in [-0.15, -0.1) is 0 Å². The Morgan fingerprint density at radius 2 is 2.17 bits per heavy atom. The van der Waals surface area contributed by atoms with E-state index in [4.69, 9.17) is 0 Å². The molecule has 1 aromatic heterocycles. The number of aliphatic carboxylic acids is 1. The zero-order valence-corrected chi connectivity index (χ0v) is 13.6. The van der Waals surface area contributed by atoms with Crippen molar-refractivity contribution in [3.63, 3.8) is 0 Å². The fourth-order valence-corrected chi connectivity index (χ4v) is 5.80. The van der Waals surface area contributed by atoms with E-state index in [1.807, 2.05) is 24.0 Å². The molecule has 1 spiro atoms. The molecule has 1 aromatic carbocycles. The molecule has 1 saturated heterocycles. The number of benzene rings is 1. The first kappa shape index (κ1) is 14.1. The van der Waals surface area contributed by atoms with Crippen molar-refractivity contribution in [3.8, 4) is 0 Å². The van der Waals surface area contributed by atoms with Gasteiger partial charge in [-0.3, -0.25) is 9.59 Å². The fraction of sp³-hybridized carbons (Fsp3) is 0.474. The number of carboxylic acids is 1. The smallest absolute Gasteiger partial charge is 0.307 e. The van der Waals surface area contributed by atoms with Crippen LogP contribution in [-0.2, 0) is 21.5 Å². The Labute approximate surface area is 139 Å². The summed E-state index contributed by atoms with van der Waals surface area (Å²) >= 11 is 0. The zero-order valence-electron chi connectivity index (χ0n) is 13.6. The summed E-state index contributed by atoms with van der Waals surface area (Å²) in [5.74, 6) is -1.16. The van der Waals surface area contributed by atoms with Gasteiger partial charge in [-0.05, 0) is 30.4 Å². The molecule has 0 radical (unpaired) electrons. The second kappa shape index (κ2) is 4.41. The van der Waals surface area contributed by atoms with Crippen LogP contribution >= 0.6 is 0 Å². The van der Waals surface area contributed by atoms with Crippen molar-refractivity contribution in [1.82, 2.24) is 9.88 Å². The SMILES string of the molecule is C[C@H]1CC23c4[nH]c5ccccc5c4CCN2C(=O)C[C@H]3[C@@H]1C(=O)O. The third kappa shape index (κ3) is 1.46. The standard InChI is InChI=1S/C19H20N2O3/c1-10-9-19-13(16(10)18(23)24)8-15(22)21(19)7-6-12-11-4-2-3-5-14(11)20-17(12)19/h2-5,10,13,16,20H,6-9H2,1H3,(H,23,24)/t10-,13-,16+,19?/m0/s1. The third-order valence-corrected chi connectivity index (χ3v) is 6.59. The molecule has 2 aliphatic heterocycles. The summed E-state index contributed by atoms with van der Waals surface area (Å²) in [7, 11) is 0. The van der Waals surface area contributed by atoms with Crippen LogP contribution < -0.4 is 0 Å². The topological polar surface area (TPSA) is 73.4 Å². The van der Waals surface area contributed by atoms with Crippen LogP contribution in [0.1, 0.15) is 31.0 Å². The molecule has 4 atom stereocenters. The molecule has 0 bridgehead atoms. The highest BCUT2D eigenvalue weighted by Gasteiger charge is 2.65. The van der Waals surface area contributed by atoms with E-state index in [9.17, 15) is 14.7 Å². The first-order chi connectivity index (χ1) is 11.5. The van der Waals surface area contributed by atoms with Gasteiger partial charge in [-0.1, -0.05) is 25.1 Å². The maximum absolute atomic E-state index is 12.6. The molecule has 2 aromatic rings. The van der Waals surface area contributed by atoms with Crippen LogP contribution in [0.25, 0.3) is 10.9 Å². The molecular weight excluding hydrogens is 304 g/mol. The molecule has 2 N–H and O–H groups in total. The lowest BCUT2D eigenvalue weighted by atomic mass is 9.77. The van der Waals surface area contributed by atoms with E-state index in [1.54, 1.807) is 0 Å². The van der Waals surface area contributed by atoms with Gasteiger partial charge in [0.05, 0.1) is 11.5 Å². The lowest BCUT2D eigenvalue weighted by Gasteiger charge is -2.43. The van der Waals surface area contributed by atoms with E-state index >= 15 is 0 Å². The number of amides is 1. The molecule has 1 amide bonds. The lowest BCUT2D eigenvalue weighted by Crippen LogP contribution is -2.49. The number of H-pyrrole nitrogens is 1. The van der Waals surface area contributed by atoms with Crippen molar-refractivity contribution in [1.29, 1.82) is 0 Å². The van der Waals surface area contributed by atoms with Gasteiger partial charge in [0, 0.05) is 35.5 Å². The Kier molecular flexibility index (Phi) is 2.58. The van der Waals surface area contributed by atoms with Crippen LogP contribution in [0.5, 0.6) is 0 Å². The van der Waals surface area contributed by atoms with Crippen molar-refractivity contribution in [3.05, 3.63) is 35.5 Å². The summed E-state index contributed by atoms with van der Waals surface area (Å²) in [4.78, 5) is 30.1. The Morgan fingerprint density at radius 1 is 1.38 bits per heavy atom. The molecule has 3 heterocycles. The molecule has 124 valence electrons. The first-order valence-electron chi connectivity index (χ1n) is 8.67. The van der Waals surface area contributed by atoms with E-state index in [2.05, 4.69) is 17.1 Å². The molecule has 1 aliphatic carbocycles. The van der Waals surface area contributed by atoms with Crippen molar-refractivity contribution in [2.24, 2.45) is 17.8 Å². The van der Waals surface area contributed by atoms with Crippen LogP contribution in [0.3, 0.4) is 0 Å². The molecule has 24 heavy (non-hydrogen) atoms. The average Bonchev–Trinajstić information content (AvgIpc) is 3.13. The Bertz CT molecular complexity index is 886. The molecule has 5 heteroatoms. The van der Waals surface area contributed by atoms with Crippen molar-refractivity contribution >= 4 is 22.8 Å². The lowest BCUT2D eigenvalue weighted by molar-refractivity contribution is -0.144.